The minimum absolute atomic E-state index is 0.188. The Hall–Kier alpha value is -2.47. The van der Waals surface area contributed by atoms with E-state index < -0.39 is 0 Å². The molecule has 1 fully saturated rings. The van der Waals surface area contributed by atoms with Crippen LogP contribution in [0.3, 0.4) is 0 Å². The van der Waals surface area contributed by atoms with E-state index in [1.165, 1.54) is 29.0 Å². The predicted octanol–water partition coefficient (Wildman–Crippen LogP) is 4.51. The Labute approximate surface area is 181 Å². The monoisotopic (exact) mass is 420 g/mol. The first-order chi connectivity index (χ1) is 14.8. The van der Waals surface area contributed by atoms with Gasteiger partial charge in [-0.25, -0.2) is 0 Å². The molecule has 5 nitrogen and oxygen atoms in total. The number of nitrogens with zero attached hydrogens (tertiary/aromatic N) is 3. The number of fused-ring (bicyclic) bond motifs is 1. The summed E-state index contributed by atoms with van der Waals surface area (Å²) in [7, 11) is 0. The number of hydrogen-bond donors (Lipinski definition) is 1. The smallest absolute Gasteiger partial charge is 0.231 e. The normalized spacial score (nSPS) is 17.6. The molecule has 3 aromatic heterocycles. The maximum atomic E-state index is 13.2. The van der Waals surface area contributed by atoms with Gasteiger partial charge in [-0.1, -0.05) is 25.0 Å². The molecule has 1 amide bonds. The molecule has 0 radical (unpaired) electrons. The molecule has 0 saturated heterocycles. The van der Waals surface area contributed by atoms with Crippen LogP contribution in [0.2, 0.25) is 0 Å². The fourth-order valence-electron chi connectivity index (χ4n) is 5.12. The Kier molecular flexibility index (Phi) is 5.42. The van der Waals surface area contributed by atoms with Crippen molar-refractivity contribution >= 4 is 17.2 Å². The lowest BCUT2D eigenvalue weighted by Crippen LogP contribution is -2.43. The summed E-state index contributed by atoms with van der Waals surface area (Å²) < 4.78 is 2.12. The molecule has 0 spiro atoms. The van der Waals surface area contributed by atoms with Crippen molar-refractivity contribution in [2.75, 3.05) is 6.54 Å². The molecule has 2 aliphatic rings. The lowest BCUT2D eigenvalue weighted by molar-refractivity contribution is -0.126. The molecule has 5 rings (SSSR count). The van der Waals surface area contributed by atoms with E-state index in [1.807, 2.05) is 24.4 Å². The molecule has 1 saturated carbocycles. The van der Waals surface area contributed by atoms with Crippen LogP contribution < -0.4 is 5.32 Å². The molecule has 6 heteroatoms. The number of nitrogens with one attached hydrogen (secondary N) is 1. The largest absolute Gasteiger partial charge is 0.353 e. The standard InChI is InChI=1S/C24H28N4OS/c29-23(24(12-4-5-13-24)21-11-7-17-30-21)26-15-16-28-20-10-2-1-8-18(20)22(27-28)19-9-3-6-14-25-19/h3,6-7,9,11,14,17H,1-2,4-5,8,10,12-13,15-16H2,(H,26,29). The molecule has 0 aromatic carbocycles. The van der Waals surface area contributed by atoms with E-state index in [0.29, 0.717) is 13.1 Å². The molecule has 0 aliphatic heterocycles. The summed E-state index contributed by atoms with van der Waals surface area (Å²) in [6.07, 6.45) is 10.5. The summed E-state index contributed by atoms with van der Waals surface area (Å²) in [5, 5.41) is 10.3. The maximum absolute atomic E-state index is 13.2. The van der Waals surface area contributed by atoms with Crippen molar-refractivity contribution in [2.24, 2.45) is 0 Å². The second-order valence-corrected chi connectivity index (χ2v) is 9.39. The van der Waals surface area contributed by atoms with Crippen molar-refractivity contribution in [1.29, 1.82) is 0 Å². The molecule has 2 aliphatic carbocycles. The minimum Gasteiger partial charge on any atom is -0.353 e. The highest BCUT2D eigenvalue weighted by molar-refractivity contribution is 7.10. The first-order valence-corrected chi connectivity index (χ1v) is 12.0. The molecule has 30 heavy (non-hydrogen) atoms. The average molecular weight is 421 g/mol. The highest BCUT2D eigenvalue weighted by Gasteiger charge is 2.43. The number of carbonyl (C=O) groups is 1. The van der Waals surface area contributed by atoms with Crippen molar-refractivity contribution in [3.05, 3.63) is 58.0 Å². The number of thiophene rings is 1. The average Bonchev–Trinajstić information content (AvgIpc) is 3.54. The number of carbonyl (C=O) groups excluding carboxylic acids is 1. The zero-order valence-electron chi connectivity index (χ0n) is 17.3. The Bertz CT molecular complexity index is 1000. The molecular weight excluding hydrogens is 392 g/mol. The molecular formula is C24H28N4OS. The van der Waals surface area contributed by atoms with Crippen molar-refractivity contribution in [1.82, 2.24) is 20.1 Å². The van der Waals surface area contributed by atoms with Crippen LogP contribution >= 0.6 is 11.3 Å². The maximum Gasteiger partial charge on any atom is 0.231 e. The van der Waals surface area contributed by atoms with Crippen LogP contribution in [0.4, 0.5) is 0 Å². The van der Waals surface area contributed by atoms with Crippen molar-refractivity contribution < 1.29 is 4.79 Å². The lowest BCUT2D eigenvalue weighted by Gasteiger charge is -2.26. The molecule has 0 bridgehead atoms. The molecule has 0 unspecified atom stereocenters. The minimum atomic E-state index is -0.323. The van der Waals surface area contributed by atoms with Gasteiger partial charge in [0.2, 0.25) is 5.91 Å². The second kappa shape index (κ2) is 8.34. The van der Waals surface area contributed by atoms with Gasteiger partial charge < -0.3 is 5.32 Å². The first kappa shape index (κ1) is 19.5. The van der Waals surface area contributed by atoms with Gasteiger partial charge >= 0.3 is 0 Å². The zero-order valence-corrected chi connectivity index (χ0v) is 18.1. The van der Waals surface area contributed by atoms with Gasteiger partial charge in [-0.3, -0.25) is 14.5 Å². The number of hydrogen-bond acceptors (Lipinski definition) is 4. The van der Waals surface area contributed by atoms with Gasteiger partial charge in [0.25, 0.3) is 0 Å². The molecule has 0 atom stereocenters. The number of pyridine rings is 1. The van der Waals surface area contributed by atoms with E-state index >= 15 is 0 Å². The van der Waals surface area contributed by atoms with Gasteiger partial charge in [0.05, 0.1) is 17.7 Å². The van der Waals surface area contributed by atoms with E-state index in [1.54, 1.807) is 11.3 Å². The van der Waals surface area contributed by atoms with Crippen molar-refractivity contribution in [2.45, 2.75) is 63.3 Å². The number of amides is 1. The Morgan fingerprint density at radius 3 is 2.73 bits per heavy atom. The highest BCUT2D eigenvalue weighted by atomic mass is 32.1. The summed E-state index contributed by atoms with van der Waals surface area (Å²) >= 11 is 1.71. The second-order valence-electron chi connectivity index (χ2n) is 8.44. The quantitative estimate of drug-likeness (QED) is 0.638. The third-order valence-electron chi connectivity index (χ3n) is 6.66. The molecule has 3 aromatic rings. The highest BCUT2D eigenvalue weighted by Crippen LogP contribution is 2.43. The van der Waals surface area contributed by atoms with E-state index in [0.717, 1.165) is 49.9 Å². The van der Waals surface area contributed by atoms with Gasteiger partial charge in [-0.05, 0) is 62.1 Å². The third kappa shape index (κ3) is 3.47. The fraction of sp³-hybridized carbons (Fsp3) is 0.458. The van der Waals surface area contributed by atoms with Crippen LogP contribution in [0.15, 0.2) is 41.9 Å². The van der Waals surface area contributed by atoms with Crippen LogP contribution in [0, 0.1) is 0 Å². The number of rotatable bonds is 6. The van der Waals surface area contributed by atoms with Gasteiger partial charge in [0, 0.05) is 28.9 Å². The predicted molar refractivity (Wildman–Crippen MR) is 120 cm³/mol. The Morgan fingerprint density at radius 2 is 1.97 bits per heavy atom. The van der Waals surface area contributed by atoms with E-state index in [2.05, 4.69) is 32.5 Å². The Balaban J connectivity index is 1.32. The van der Waals surface area contributed by atoms with E-state index in [-0.39, 0.29) is 11.3 Å². The van der Waals surface area contributed by atoms with Crippen molar-refractivity contribution in [3.8, 4) is 11.4 Å². The molecule has 156 valence electrons. The lowest BCUT2D eigenvalue weighted by atomic mass is 9.83. The van der Waals surface area contributed by atoms with Gasteiger partial charge in [0.1, 0.15) is 5.69 Å². The molecule has 1 N–H and O–H groups in total. The first-order valence-electron chi connectivity index (χ1n) is 11.1. The van der Waals surface area contributed by atoms with Crippen LogP contribution in [0.25, 0.3) is 11.4 Å². The van der Waals surface area contributed by atoms with Gasteiger partial charge in [-0.15, -0.1) is 11.3 Å². The van der Waals surface area contributed by atoms with Gasteiger partial charge in [-0.2, -0.15) is 5.10 Å². The van der Waals surface area contributed by atoms with Crippen LogP contribution in [-0.4, -0.2) is 27.2 Å². The SMILES string of the molecule is O=C(NCCn1nc(-c2ccccn2)c2c1CCCC2)C1(c2cccs2)CCCC1. The van der Waals surface area contributed by atoms with E-state index in [9.17, 15) is 4.79 Å². The topological polar surface area (TPSA) is 59.8 Å². The summed E-state index contributed by atoms with van der Waals surface area (Å²) in [5.74, 6) is 0.188. The fourth-order valence-corrected chi connectivity index (χ4v) is 6.11. The zero-order chi connectivity index (χ0) is 20.4. The van der Waals surface area contributed by atoms with Gasteiger partial charge in [0.15, 0.2) is 0 Å². The Morgan fingerprint density at radius 1 is 1.10 bits per heavy atom. The summed E-state index contributed by atoms with van der Waals surface area (Å²) in [6.45, 7) is 1.32. The molecule has 3 heterocycles. The van der Waals surface area contributed by atoms with Crippen LogP contribution in [-0.2, 0) is 29.6 Å². The summed E-state index contributed by atoms with van der Waals surface area (Å²) in [4.78, 5) is 19.0. The summed E-state index contributed by atoms with van der Waals surface area (Å²) in [5.41, 5.74) is 4.31. The summed E-state index contributed by atoms with van der Waals surface area (Å²) in [6, 6.07) is 10.2. The third-order valence-corrected chi connectivity index (χ3v) is 7.73. The van der Waals surface area contributed by atoms with Crippen molar-refractivity contribution in [3.63, 3.8) is 0 Å². The number of aromatic nitrogens is 3. The van der Waals surface area contributed by atoms with Crippen LogP contribution in [0.5, 0.6) is 0 Å². The van der Waals surface area contributed by atoms with Crippen LogP contribution in [0.1, 0.15) is 54.7 Å². The van der Waals surface area contributed by atoms with E-state index in [4.69, 9.17) is 5.10 Å².